The van der Waals surface area contributed by atoms with E-state index in [1.54, 1.807) is 0 Å². The first-order chi connectivity index (χ1) is 34.7. The molecular weight excluding hydrogens is 847 g/mol. The first-order valence-electron chi connectivity index (χ1n) is 24.3. The summed E-state index contributed by atoms with van der Waals surface area (Å²) in [5.74, 6) is 0. The molecule has 2 heteroatoms. The van der Waals surface area contributed by atoms with E-state index in [1.807, 2.05) is 0 Å². The van der Waals surface area contributed by atoms with Gasteiger partial charge in [0, 0.05) is 27.7 Å². The van der Waals surface area contributed by atoms with E-state index >= 15 is 0 Å². The fraction of sp³-hybridized carbons (Fsp3) is 0.0294. The lowest BCUT2D eigenvalue weighted by Crippen LogP contribution is -2.28. The second kappa shape index (κ2) is 14.8. The Morgan fingerprint density at radius 3 is 1.53 bits per heavy atom. The number of rotatable bonds is 6. The number of fused-ring (bicyclic) bond motifs is 17. The van der Waals surface area contributed by atoms with Gasteiger partial charge in [-0.2, -0.15) is 0 Å². The van der Waals surface area contributed by atoms with Crippen LogP contribution in [0.2, 0.25) is 0 Å². The number of benzene rings is 11. The lowest BCUT2D eigenvalue weighted by molar-refractivity contribution is 0.668. The molecule has 15 rings (SSSR count). The van der Waals surface area contributed by atoms with Crippen LogP contribution in [-0.4, -0.2) is 0 Å². The lowest BCUT2D eigenvalue weighted by Gasteiger charge is -2.35. The third-order valence-electron chi connectivity index (χ3n) is 15.8. The number of hydrogen-bond donors (Lipinski definition) is 0. The van der Waals surface area contributed by atoms with Crippen LogP contribution in [0.3, 0.4) is 0 Å². The van der Waals surface area contributed by atoms with Gasteiger partial charge in [0.2, 0.25) is 0 Å². The van der Waals surface area contributed by atoms with E-state index in [2.05, 4.69) is 266 Å². The average molecular weight is 890 g/mol. The van der Waals surface area contributed by atoms with Crippen molar-refractivity contribution in [1.29, 1.82) is 0 Å². The zero-order chi connectivity index (χ0) is 46.0. The molecule has 0 amide bonds. The topological polar surface area (TPSA) is 16.4 Å². The maximum atomic E-state index is 6.59. The molecule has 2 nitrogen and oxygen atoms in total. The fourth-order valence-corrected chi connectivity index (χ4v) is 13.1. The smallest absolute Gasteiger partial charge is 0.136 e. The summed E-state index contributed by atoms with van der Waals surface area (Å²) in [6, 6.07) is 96.7. The maximum absolute atomic E-state index is 6.59. The van der Waals surface area contributed by atoms with Gasteiger partial charge < -0.3 is 9.32 Å². The first kappa shape index (κ1) is 39.1. The van der Waals surface area contributed by atoms with Crippen LogP contribution in [0.4, 0.5) is 17.1 Å². The fourth-order valence-electron chi connectivity index (χ4n) is 13.1. The van der Waals surface area contributed by atoms with Gasteiger partial charge in [0.15, 0.2) is 0 Å². The summed E-state index contributed by atoms with van der Waals surface area (Å²) in [5.41, 5.74) is 24.2. The molecule has 11 aromatic carbocycles. The van der Waals surface area contributed by atoms with Gasteiger partial charge in [-0.3, -0.25) is 0 Å². The van der Waals surface area contributed by atoms with Crippen LogP contribution in [0.15, 0.2) is 265 Å². The van der Waals surface area contributed by atoms with Gasteiger partial charge in [0.1, 0.15) is 11.2 Å². The van der Waals surface area contributed by atoms with Crippen LogP contribution in [0.1, 0.15) is 44.5 Å². The molecule has 3 aliphatic rings. The zero-order valence-electron chi connectivity index (χ0n) is 38.2. The Morgan fingerprint density at radius 2 is 0.814 bits per heavy atom. The van der Waals surface area contributed by atoms with Crippen molar-refractivity contribution in [2.75, 3.05) is 4.90 Å². The summed E-state index contributed by atoms with van der Waals surface area (Å²) in [4.78, 5) is 2.53. The molecule has 1 aromatic heterocycles. The van der Waals surface area contributed by atoms with Gasteiger partial charge in [0.25, 0.3) is 0 Å². The van der Waals surface area contributed by atoms with Crippen molar-refractivity contribution >= 4 is 39.0 Å². The third-order valence-corrected chi connectivity index (χ3v) is 15.8. The molecule has 326 valence electrons. The van der Waals surface area contributed by atoms with Crippen LogP contribution in [0, 0.1) is 0 Å². The first-order valence-corrected chi connectivity index (χ1v) is 24.3. The highest BCUT2D eigenvalue weighted by atomic mass is 16.3. The minimum Gasteiger partial charge on any atom is -0.456 e. The molecule has 1 heterocycles. The Balaban J connectivity index is 1.02. The summed E-state index contributed by atoms with van der Waals surface area (Å²) in [7, 11) is 0. The van der Waals surface area contributed by atoms with E-state index in [0.29, 0.717) is 0 Å². The average Bonchev–Trinajstić information content (AvgIpc) is 4.15. The molecule has 0 bridgehead atoms. The van der Waals surface area contributed by atoms with E-state index in [1.165, 1.54) is 94.4 Å². The zero-order valence-corrected chi connectivity index (χ0v) is 38.2. The Hall–Kier alpha value is -8.98. The lowest BCUT2D eigenvalue weighted by atomic mass is 9.68. The van der Waals surface area contributed by atoms with Gasteiger partial charge in [-0.25, -0.2) is 0 Å². The van der Waals surface area contributed by atoms with E-state index in [9.17, 15) is 0 Å². The normalized spacial score (nSPS) is 15.3. The van der Waals surface area contributed by atoms with Crippen LogP contribution in [0.5, 0.6) is 0 Å². The summed E-state index contributed by atoms with van der Waals surface area (Å²) in [6.45, 7) is 0. The third kappa shape index (κ3) is 5.12. The van der Waals surface area contributed by atoms with Gasteiger partial charge in [-0.05, 0) is 126 Å². The van der Waals surface area contributed by atoms with Crippen molar-refractivity contribution in [3.63, 3.8) is 0 Å². The van der Waals surface area contributed by atoms with E-state index in [-0.39, 0.29) is 0 Å². The predicted molar refractivity (Wildman–Crippen MR) is 287 cm³/mol. The molecule has 0 radical (unpaired) electrons. The number of anilines is 3. The summed E-state index contributed by atoms with van der Waals surface area (Å²) >= 11 is 0. The second-order valence-electron chi connectivity index (χ2n) is 19.0. The molecular formula is C68H43NO. The highest BCUT2D eigenvalue weighted by molar-refractivity contribution is 6.16. The van der Waals surface area contributed by atoms with Crippen LogP contribution in [0.25, 0.3) is 66.4 Å². The molecule has 70 heavy (non-hydrogen) atoms. The van der Waals surface area contributed by atoms with E-state index in [0.717, 1.165) is 33.6 Å². The molecule has 1 atom stereocenters. The van der Waals surface area contributed by atoms with Gasteiger partial charge in [-0.1, -0.05) is 218 Å². The van der Waals surface area contributed by atoms with E-state index < -0.39 is 10.8 Å². The summed E-state index contributed by atoms with van der Waals surface area (Å²) in [5, 5.41) is 2.32. The van der Waals surface area contributed by atoms with Gasteiger partial charge >= 0.3 is 0 Å². The number of furan rings is 1. The summed E-state index contributed by atoms with van der Waals surface area (Å²) in [6.07, 6.45) is 0. The molecule has 0 aliphatic heterocycles. The molecule has 0 N–H and O–H groups in total. The van der Waals surface area contributed by atoms with Crippen molar-refractivity contribution in [1.82, 2.24) is 0 Å². The molecule has 0 saturated heterocycles. The molecule has 1 unspecified atom stereocenters. The van der Waals surface area contributed by atoms with Crippen molar-refractivity contribution < 1.29 is 4.42 Å². The molecule has 12 aromatic rings. The number of hydrogen-bond acceptors (Lipinski definition) is 2. The highest BCUT2D eigenvalue weighted by Crippen LogP contribution is 2.65. The van der Waals surface area contributed by atoms with Gasteiger partial charge in [-0.15, -0.1) is 0 Å². The minimum absolute atomic E-state index is 0.545. The quantitative estimate of drug-likeness (QED) is 0.165. The Morgan fingerprint density at radius 1 is 0.300 bits per heavy atom. The van der Waals surface area contributed by atoms with Gasteiger partial charge in [0.05, 0.1) is 16.5 Å². The highest BCUT2D eigenvalue weighted by Gasteiger charge is 2.53. The Labute approximate surface area is 407 Å². The molecule has 3 aliphatic carbocycles. The van der Waals surface area contributed by atoms with Crippen LogP contribution < -0.4 is 4.90 Å². The number of para-hydroxylation sites is 1. The van der Waals surface area contributed by atoms with Crippen molar-refractivity contribution in [3.8, 4) is 44.5 Å². The minimum atomic E-state index is -0.579. The second-order valence-corrected chi connectivity index (χ2v) is 19.0. The molecule has 0 saturated carbocycles. The van der Waals surface area contributed by atoms with Crippen molar-refractivity contribution in [2.24, 2.45) is 0 Å². The summed E-state index contributed by atoms with van der Waals surface area (Å²) < 4.78 is 6.59. The Kier molecular flexibility index (Phi) is 8.24. The van der Waals surface area contributed by atoms with Crippen LogP contribution in [-0.2, 0) is 10.8 Å². The molecule has 1 spiro atoms. The SMILES string of the molecule is c1ccc(-c2ccc(N(c3ccc4c(c3)C3(c5ccccc5-4)c4ccccc4-c4c3ccc3oc5ccccc5c43)c3cccc4c3-c3ccccc3C4(c3ccccc3)c3ccccc3)cc2)cc1. The predicted octanol–water partition coefficient (Wildman–Crippen LogP) is 17.4. The van der Waals surface area contributed by atoms with Crippen molar-refractivity contribution in [3.05, 3.63) is 305 Å². The molecule has 0 fully saturated rings. The standard InChI is InChI=1S/C68H43NO/c1-4-19-44(20-5-1)45-35-37-48(38-36-45)69(61-33-18-32-58-64(61)52-26-11-15-30-56(52)67(58,46-21-6-2-7-22-46)47-23-8-3-9-24-47)49-39-40-51-50-25-10-14-29-55(50)68(60(51)43-49)57-31-16-12-27-53(57)65-59(68)41-42-63-66(65)54-28-13-17-34-62(54)70-63/h1-43H. The maximum Gasteiger partial charge on any atom is 0.136 e. The number of nitrogens with zero attached hydrogens (tertiary/aromatic N) is 1. The Bertz CT molecular complexity index is 4020. The van der Waals surface area contributed by atoms with E-state index in [4.69, 9.17) is 4.42 Å². The van der Waals surface area contributed by atoms with Crippen LogP contribution >= 0.6 is 0 Å². The van der Waals surface area contributed by atoms with Crippen molar-refractivity contribution in [2.45, 2.75) is 10.8 Å². The largest absolute Gasteiger partial charge is 0.456 e. The monoisotopic (exact) mass is 889 g/mol.